The first-order valence-corrected chi connectivity index (χ1v) is 12.9. The average molecular weight is 489 g/mol. The highest BCUT2D eigenvalue weighted by Gasteiger charge is 2.22. The molecule has 0 aromatic heterocycles. The van der Waals surface area contributed by atoms with Crippen LogP contribution in [0.1, 0.15) is 45.6 Å². The molecule has 0 aliphatic carbocycles. The number of benzene rings is 2. The lowest BCUT2D eigenvalue weighted by Crippen LogP contribution is -2.48. The molecule has 0 spiro atoms. The summed E-state index contributed by atoms with van der Waals surface area (Å²) < 4.78 is 0. The van der Waals surface area contributed by atoms with Crippen LogP contribution in [0.25, 0.3) is 0 Å². The van der Waals surface area contributed by atoms with Crippen molar-refractivity contribution < 1.29 is 0 Å². The van der Waals surface area contributed by atoms with Crippen LogP contribution in [0.3, 0.4) is 0 Å². The maximum absolute atomic E-state index is 6.53. The van der Waals surface area contributed by atoms with Gasteiger partial charge < -0.3 is 21.3 Å². The van der Waals surface area contributed by atoms with Gasteiger partial charge in [0.25, 0.3) is 0 Å². The highest BCUT2D eigenvalue weighted by Crippen LogP contribution is 2.21. The van der Waals surface area contributed by atoms with Crippen molar-refractivity contribution in [2.45, 2.75) is 58.7 Å². The second kappa shape index (κ2) is 17.2. The van der Waals surface area contributed by atoms with Crippen LogP contribution in [0.5, 0.6) is 0 Å². The van der Waals surface area contributed by atoms with Crippen LogP contribution in [0.15, 0.2) is 116 Å². The van der Waals surface area contributed by atoms with Crippen molar-refractivity contribution >= 4 is 0 Å². The molecule has 36 heavy (non-hydrogen) atoms. The zero-order valence-corrected chi connectivity index (χ0v) is 23.0. The summed E-state index contributed by atoms with van der Waals surface area (Å²) in [5.74, 6) is 0.390. The minimum Gasteiger partial charge on any atom is -0.383 e. The van der Waals surface area contributed by atoms with Crippen LogP contribution in [-0.4, -0.2) is 30.7 Å². The summed E-state index contributed by atoms with van der Waals surface area (Å²) >= 11 is 0. The minimum atomic E-state index is -0.367. The molecule has 0 amide bonds. The number of nitrogens with zero attached hydrogens (tertiary/aromatic N) is 1. The van der Waals surface area contributed by atoms with Crippen molar-refractivity contribution in [3.05, 3.63) is 121 Å². The molecule has 2 aromatic carbocycles. The summed E-state index contributed by atoms with van der Waals surface area (Å²) in [5.41, 5.74) is 11.5. The van der Waals surface area contributed by atoms with Crippen molar-refractivity contribution in [2.75, 3.05) is 13.6 Å². The molecule has 0 heterocycles. The molecular weight excluding hydrogens is 440 g/mol. The summed E-state index contributed by atoms with van der Waals surface area (Å²) in [5, 5.41) is 6.88. The number of rotatable bonds is 15. The molecule has 4 N–H and O–H groups in total. The number of nitrogens with one attached hydrogen (secondary N) is 2. The Balaban J connectivity index is 0.000000936. The molecule has 4 nitrogen and oxygen atoms in total. The fourth-order valence-electron chi connectivity index (χ4n) is 3.63. The lowest BCUT2D eigenvalue weighted by Gasteiger charge is -2.35. The molecule has 0 bridgehead atoms. The minimum absolute atomic E-state index is 0.0375. The Morgan fingerprint density at radius 1 is 0.917 bits per heavy atom. The second-order valence-electron chi connectivity index (χ2n) is 9.49. The third kappa shape index (κ3) is 11.9. The van der Waals surface area contributed by atoms with Crippen LogP contribution < -0.4 is 16.4 Å². The quantitative estimate of drug-likeness (QED) is 0.195. The first-order chi connectivity index (χ1) is 17.2. The lowest BCUT2D eigenvalue weighted by atomic mass is 10.00. The summed E-state index contributed by atoms with van der Waals surface area (Å²) in [6.45, 7) is 23.8. The number of likely N-dealkylation sites (N-methyl/N-ethyl adjacent to an activating group) is 1. The van der Waals surface area contributed by atoms with Gasteiger partial charge in [0, 0.05) is 30.7 Å². The van der Waals surface area contributed by atoms with Gasteiger partial charge in [-0.25, -0.2) is 0 Å². The van der Waals surface area contributed by atoms with Crippen molar-refractivity contribution in [3.8, 4) is 0 Å². The van der Waals surface area contributed by atoms with Crippen molar-refractivity contribution in [3.63, 3.8) is 0 Å². The Kier molecular flexibility index (Phi) is 14.7. The standard InChI is InChI=1S/C26H42N4.C6H6/c1-9-10-14-20(4)23(7)30(8)26(27)22(6)29-25(21(5)28-18-19(2)3)17-24-15-12-11-13-16-24;1-2-4-6-5-3-1/h11-13,15-16,20,25-26,28-29H,2,5-7,9-10,14,17-18,27H2,1,3-4,8H3;1-6H. The predicted octanol–water partition coefficient (Wildman–Crippen LogP) is 6.62. The summed E-state index contributed by atoms with van der Waals surface area (Å²) in [4.78, 5) is 2.03. The van der Waals surface area contributed by atoms with E-state index in [-0.39, 0.29) is 12.2 Å². The fourth-order valence-corrected chi connectivity index (χ4v) is 3.63. The van der Waals surface area contributed by atoms with Gasteiger partial charge >= 0.3 is 0 Å². The Morgan fingerprint density at radius 3 is 1.94 bits per heavy atom. The molecule has 2 rings (SSSR count). The van der Waals surface area contributed by atoms with E-state index in [1.165, 1.54) is 18.4 Å². The summed E-state index contributed by atoms with van der Waals surface area (Å²) in [7, 11) is 1.99. The molecule has 0 fully saturated rings. The molecule has 196 valence electrons. The molecule has 0 aliphatic rings. The van der Waals surface area contributed by atoms with E-state index in [9.17, 15) is 0 Å². The van der Waals surface area contributed by atoms with Gasteiger partial charge in [-0.3, -0.25) is 0 Å². The highest BCUT2D eigenvalue weighted by atomic mass is 15.2. The molecule has 4 heteroatoms. The maximum atomic E-state index is 6.53. The van der Waals surface area contributed by atoms with Gasteiger partial charge in [0.05, 0.1) is 6.04 Å². The first kappa shape index (κ1) is 30.8. The normalized spacial score (nSPS) is 12.7. The molecule has 0 radical (unpaired) electrons. The third-order valence-electron chi connectivity index (χ3n) is 6.13. The van der Waals surface area contributed by atoms with E-state index in [1.54, 1.807) is 0 Å². The SMILES string of the molecule is C=C(C)CNC(=C)C(Cc1ccccc1)NC(=C)C(N)N(C)C(=C)C(C)CCCC.c1ccccc1. The summed E-state index contributed by atoms with van der Waals surface area (Å²) in [6.07, 6.45) is 3.91. The lowest BCUT2D eigenvalue weighted by molar-refractivity contribution is 0.292. The van der Waals surface area contributed by atoms with Gasteiger partial charge in [0.15, 0.2) is 0 Å². The van der Waals surface area contributed by atoms with E-state index < -0.39 is 0 Å². The monoisotopic (exact) mass is 488 g/mol. The largest absolute Gasteiger partial charge is 0.383 e. The van der Waals surface area contributed by atoms with Crippen LogP contribution in [-0.2, 0) is 6.42 Å². The highest BCUT2D eigenvalue weighted by molar-refractivity contribution is 5.22. The number of nitrogens with two attached hydrogens (primary N) is 1. The molecule has 3 atom stereocenters. The third-order valence-corrected chi connectivity index (χ3v) is 6.13. The predicted molar refractivity (Wildman–Crippen MR) is 158 cm³/mol. The maximum Gasteiger partial charge on any atom is 0.117 e. The zero-order valence-electron chi connectivity index (χ0n) is 23.0. The van der Waals surface area contributed by atoms with E-state index in [2.05, 4.69) is 62.9 Å². The van der Waals surface area contributed by atoms with Gasteiger partial charge in [-0.1, -0.05) is 125 Å². The van der Waals surface area contributed by atoms with E-state index in [1.807, 2.05) is 73.5 Å². The molecule has 3 unspecified atom stereocenters. The van der Waals surface area contributed by atoms with Crippen LogP contribution >= 0.6 is 0 Å². The number of hydrogen-bond acceptors (Lipinski definition) is 4. The molecule has 0 saturated heterocycles. The van der Waals surface area contributed by atoms with Crippen LogP contribution in [0, 0.1) is 5.92 Å². The Labute approximate surface area is 220 Å². The van der Waals surface area contributed by atoms with E-state index in [0.29, 0.717) is 12.5 Å². The number of unbranched alkanes of at least 4 members (excludes halogenated alkanes) is 1. The molecule has 0 saturated carbocycles. The van der Waals surface area contributed by atoms with E-state index >= 15 is 0 Å². The Bertz CT molecular complexity index is 893. The van der Waals surface area contributed by atoms with Crippen LogP contribution in [0.2, 0.25) is 0 Å². The van der Waals surface area contributed by atoms with Gasteiger partial charge in [0.2, 0.25) is 0 Å². The van der Waals surface area contributed by atoms with Gasteiger partial charge in [0.1, 0.15) is 6.17 Å². The zero-order chi connectivity index (χ0) is 26.9. The van der Waals surface area contributed by atoms with Crippen LogP contribution in [0.4, 0.5) is 0 Å². The Morgan fingerprint density at radius 2 is 1.44 bits per heavy atom. The van der Waals surface area contributed by atoms with E-state index in [4.69, 9.17) is 5.73 Å². The van der Waals surface area contributed by atoms with Gasteiger partial charge in [-0.15, -0.1) is 0 Å². The molecule has 0 aliphatic heterocycles. The smallest absolute Gasteiger partial charge is 0.117 e. The molecule has 2 aromatic rings. The fraction of sp³-hybridized carbons (Fsp3) is 0.375. The van der Waals surface area contributed by atoms with E-state index in [0.717, 1.165) is 35.5 Å². The van der Waals surface area contributed by atoms with Crippen molar-refractivity contribution in [1.29, 1.82) is 0 Å². The van der Waals surface area contributed by atoms with Crippen molar-refractivity contribution in [2.24, 2.45) is 11.7 Å². The first-order valence-electron chi connectivity index (χ1n) is 12.9. The van der Waals surface area contributed by atoms with Gasteiger partial charge in [-0.2, -0.15) is 0 Å². The topological polar surface area (TPSA) is 53.3 Å². The average Bonchev–Trinajstić information content (AvgIpc) is 2.90. The van der Waals surface area contributed by atoms with Crippen molar-refractivity contribution in [1.82, 2.24) is 15.5 Å². The summed E-state index contributed by atoms with van der Waals surface area (Å²) in [6, 6.07) is 22.3. The molecular formula is C32H48N4. The Hall–Kier alpha value is -3.24. The second-order valence-corrected chi connectivity index (χ2v) is 9.49. The number of allylic oxidation sites excluding steroid dienone is 1. The number of hydrogen-bond donors (Lipinski definition) is 3. The van der Waals surface area contributed by atoms with Gasteiger partial charge in [-0.05, 0) is 31.2 Å².